The quantitative estimate of drug-likeness (QED) is 0.778. The van der Waals surface area contributed by atoms with Crippen LogP contribution in [0, 0.1) is 6.92 Å². The third kappa shape index (κ3) is 3.54. The van der Waals surface area contributed by atoms with Crippen molar-refractivity contribution < 1.29 is 18.9 Å². The molecule has 0 saturated carbocycles. The van der Waals surface area contributed by atoms with Crippen molar-refractivity contribution in [2.45, 2.75) is 31.8 Å². The van der Waals surface area contributed by atoms with E-state index in [2.05, 4.69) is 9.51 Å². The first-order valence-electron chi connectivity index (χ1n) is 6.26. The van der Waals surface area contributed by atoms with E-state index in [9.17, 15) is 19.3 Å². The van der Waals surface area contributed by atoms with E-state index in [1.165, 1.54) is 29.8 Å². The summed E-state index contributed by atoms with van der Waals surface area (Å²) in [6.07, 6.45) is 0.785. The number of aromatic nitrogens is 2. The lowest BCUT2D eigenvalue weighted by Crippen LogP contribution is -2.33. The summed E-state index contributed by atoms with van der Waals surface area (Å²) >= 11 is 0. The topological polar surface area (TPSA) is 111 Å². The maximum atomic E-state index is 11.8. The van der Waals surface area contributed by atoms with E-state index in [0.717, 1.165) is 0 Å². The van der Waals surface area contributed by atoms with Gasteiger partial charge in [-0.3, -0.25) is 14.3 Å². The number of aryl methyl sites for hydroxylation is 1. The minimum Gasteiger partial charge on any atom is -0.390 e. The molecule has 21 heavy (non-hydrogen) atoms. The fraction of sp³-hybridized carbons (Fsp3) is 0.500. The van der Waals surface area contributed by atoms with Crippen LogP contribution in [0.5, 0.6) is 0 Å². The van der Waals surface area contributed by atoms with Crippen molar-refractivity contribution in [1.29, 1.82) is 0 Å². The number of hydrogen-bond acceptors (Lipinski definition) is 6. The second-order valence-electron chi connectivity index (χ2n) is 4.65. The van der Waals surface area contributed by atoms with Crippen LogP contribution in [0.4, 0.5) is 0 Å². The number of aliphatic hydroxyl groups excluding tert-OH is 1. The van der Waals surface area contributed by atoms with Gasteiger partial charge in [-0.1, -0.05) is 0 Å². The number of aromatic amines is 1. The standard InChI is InChI=1S/C12H15N2O6P/c1-7-6-14(12(17)13-11(7)16)10-5-8(15)9(20-10)3-4-21(18)19-2/h3-4,6,8-10,15H,5H2,1-2H3/p+1/b4-3+/t8?,9-,10-/m1/s1. The highest BCUT2D eigenvalue weighted by molar-refractivity contribution is 7.42. The highest BCUT2D eigenvalue weighted by atomic mass is 31.1. The molecule has 1 aliphatic heterocycles. The van der Waals surface area contributed by atoms with Crippen LogP contribution in [0.25, 0.3) is 0 Å². The van der Waals surface area contributed by atoms with Crippen LogP contribution in [-0.2, 0) is 13.8 Å². The Hall–Kier alpha value is -1.60. The normalized spacial score (nSPS) is 26.4. The van der Waals surface area contributed by atoms with Gasteiger partial charge in [-0.05, 0) is 17.6 Å². The molecule has 2 N–H and O–H groups in total. The van der Waals surface area contributed by atoms with Gasteiger partial charge in [0.05, 0.1) is 13.2 Å². The van der Waals surface area contributed by atoms with Gasteiger partial charge >= 0.3 is 13.7 Å². The molecule has 8 nitrogen and oxygen atoms in total. The molecule has 0 aromatic carbocycles. The summed E-state index contributed by atoms with van der Waals surface area (Å²) in [4.78, 5) is 25.3. The van der Waals surface area contributed by atoms with Crippen LogP contribution in [0.15, 0.2) is 27.7 Å². The highest BCUT2D eigenvalue weighted by Crippen LogP contribution is 2.30. The van der Waals surface area contributed by atoms with Gasteiger partial charge in [0.2, 0.25) is 0 Å². The van der Waals surface area contributed by atoms with Crippen molar-refractivity contribution in [1.82, 2.24) is 9.55 Å². The van der Waals surface area contributed by atoms with E-state index in [1.54, 1.807) is 6.92 Å². The third-order valence-electron chi connectivity index (χ3n) is 3.17. The van der Waals surface area contributed by atoms with Gasteiger partial charge in [0, 0.05) is 18.2 Å². The Morgan fingerprint density at radius 3 is 2.95 bits per heavy atom. The van der Waals surface area contributed by atoms with Gasteiger partial charge in [0.1, 0.15) is 12.3 Å². The van der Waals surface area contributed by atoms with E-state index in [0.29, 0.717) is 5.56 Å². The Morgan fingerprint density at radius 2 is 2.29 bits per heavy atom. The van der Waals surface area contributed by atoms with Crippen LogP contribution < -0.4 is 11.2 Å². The second kappa shape index (κ2) is 6.44. The lowest BCUT2D eigenvalue weighted by molar-refractivity contribution is 0.00479. The first-order chi connectivity index (χ1) is 9.92. The summed E-state index contributed by atoms with van der Waals surface area (Å²) in [6.45, 7) is 1.57. The van der Waals surface area contributed by atoms with E-state index >= 15 is 0 Å². The summed E-state index contributed by atoms with van der Waals surface area (Å²) in [5.74, 6) is 1.30. The fourth-order valence-electron chi connectivity index (χ4n) is 2.04. The van der Waals surface area contributed by atoms with Crippen LogP contribution >= 0.6 is 8.03 Å². The molecule has 1 aromatic rings. The Balaban J connectivity index is 2.20. The maximum Gasteiger partial charge on any atom is 0.540 e. The van der Waals surface area contributed by atoms with Crippen LogP contribution in [-0.4, -0.2) is 34.0 Å². The van der Waals surface area contributed by atoms with Gasteiger partial charge in [0.15, 0.2) is 5.82 Å². The summed E-state index contributed by atoms with van der Waals surface area (Å²) in [5.41, 5.74) is -0.687. The Bertz CT molecular complexity index is 679. The summed E-state index contributed by atoms with van der Waals surface area (Å²) in [5, 5.41) is 9.92. The number of nitrogens with one attached hydrogen (secondary N) is 1. The van der Waals surface area contributed by atoms with Gasteiger partial charge in [-0.25, -0.2) is 4.79 Å². The Morgan fingerprint density at radius 1 is 1.57 bits per heavy atom. The zero-order valence-electron chi connectivity index (χ0n) is 11.6. The van der Waals surface area contributed by atoms with E-state index in [1.807, 2.05) is 0 Å². The predicted octanol–water partition coefficient (Wildman–Crippen LogP) is 0.396. The molecule has 0 bridgehead atoms. The molecule has 0 radical (unpaired) electrons. The molecule has 1 saturated heterocycles. The van der Waals surface area contributed by atoms with Crippen LogP contribution in [0.3, 0.4) is 0 Å². The van der Waals surface area contributed by atoms with Crippen molar-refractivity contribution >= 4 is 8.03 Å². The van der Waals surface area contributed by atoms with E-state index < -0.39 is 37.7 Å². The maximum absolute atomic E-state index is 11.8. The minimum atomic E-state index is -1.94. The SMILES string of the molecule is CO[P+](=O)/C=C/[C@H]1O[C@@H](n2cc(C)c(=O)[nH]c2=O)CC1O. The predicted molar refractivity (Wildman–Crippen MR) is 74.3 cm³/mol. The third-order valence-corrected chi connectivity index (χ3v) is 3.95. The second-order valence-corrected chi connectivity index (χ2v) is 5.88. The Labute approximate surface area is 120 Å². The van der Waals surface area contributed by atoms with Crippen molar-refractivity contribution in [2.75, 3.05) is 7.11 Å². The first kappa shape index (κ1) is 15.8. The average Bonchev–Trinajstić information content (AvgIpc) is 2.81. The number of hydrogen-bond donors (Lipinski definition) is 2. The average molecular weight is 315 g/mol. The van der Waals surface area contributed by atoms with Crippen molar-refractivity contribution in [2.24, 2.45) is 0 Å². The lowest BCUT2D eigenvalue weighted by Gasteiger charge is -2.13. The number of rotatable bonds is 4. The molecule has 1 fully saturated rings. The highest BCUT2D eigenvalue weighted by Gasteiger charge is 2.34. The van der Waals surface area contributed by atoms with Gasteiger partial charge in [0.25, 0.3) is 5.56 Å². The van der Waals surface area contributed by atoms with Crippen molar-refractivity contribution in [3.8, 4) is 0 Å². The molecular formula is C12H16N2O6P+. The summed E-state index contributed by atoms with van der Waals surface area (Å²) < 4.78 is 22.5. The smallest absolute Gasteiger partial charge is 0.390 e. The van der Waals surface area contributed by atoms with Crippen LogP contribution in [0.2, 0.25) is 0 Å². The van der Waals surface area contributed by atoms with E-state index in [-0.39, 0.29) is 6.42 Å². The molecule has 2 unspecified atom stereocenters. The molecule has 9 heteroatoms. The molecule has 1 aromatic heterocycles. The van der Waals surface area contributed by atoms with Crippen molar-refractivity contribution in [3.05, 3.63) is 44.5 Å². The first-order valence-corrected chi connectivity index (χ1v) is 7.51. The zero-order chi connectivity index (χ0) is 15.6. The lowest BCUT2D eigenvalue weighted by atomic mass is 10.2. The minimum absolute atomic E-state index is 0.185. The molecule has 2 heterocycles. The van der Waals surface area contributed by atoms with Gasteiger partial charge < -0.3 is 9.84 Å². The molecule has 0 amide bonds. The number of nitrogens with zero attached hydrogens (tertiary/aromatic N) is 1. The number of H-pyrrole nitrogens is 1. The summed E-state index contributed by atoms with van der Waals surface area (Å²) in [7, 11) is -0.629. The zero-order valence-corrected chi connectivity index (χ0v) is 12.4. The molecule has 0 aliphatic carbocycles. The monoisotopic (exact) mass is 315 g/mol. The molecular weight excluding hydrogens is 299 g/mol. The molecule has 2 rings (SSSR count). The Kier molecular flexibility index (Phi) is 4.84. The molecule has 1 aliphatic rings. The molecule has 0 spiro atoms. The van der Waals surface area contributed by atoms with Gasteiger partial charge in [-0.15, -0.1) is 4.52 Å². The molecule has 114 valence electrons. The largest absolute Gasteiger partial charge is 0.540 e. The summed E-state index contributed by atoms with van der Waals surface area (Å²) in [6, 6.07) is 0. The fourth-order valence-corrected chi connectivity index (χ4v) is 2.47. The van der Waals surface area contributed by atoms with Gasteiger partial charge in [-0.2, -0.15) is 0 Å². The number of aliphatic hydroxyl groups is 1. The number of ether oxygens (including phenoxy) is 1. The molecule has 4 atom stereocenters. The van der Waals surface area contributed by atoms with E-state index in [4.69, 9.17) is 4.74 Å². The van der Waals surface area contributed by atoms with Crippen LogP contribution in [0.1, 0.15) is 18.2 Å². The van der Waals surface area contributed by atoms with Crippen molar-refractivity contribution in [3.63, 3.8) is 0 Å².